The Labute approximate surface area is 124 Å². The van der Waals surface area contributed by atoms with Crippen LogP contribution in [-0.2, 0) is 0 Å². The molecule has 108 valence electrons. The van der Waals surface area contributed by atoms with E-state index < -0.39 is 0 Å². The van der Waals surface area contributed by atoms with Crippen LogP contribution in [0.4, 0.5) is 0 Å². The molecule has 1 aliphatic heterocycles. The van der Waals surface area contributed by atoms with E-state index in [1.54, 1.807) is 0 Å². The minimum absolute atomic E-state index is 0. The molecule has 0 aromatic heterocycles. The molecule has 4 heteroatoms. The number of amidine groups is 1. The topological polar surface area (TPSA) is 6.25 Å². The van der Waals surface area contributed by atoms with Crippen LogP contribution in [0.1, 0.15) is 58.3 Å². The van der Waals surface area contributed by atoms with Gasteiger partial charge in [-0.3, -0.25) is 4.58 Å². The smallest absolute Gasteiger partial charge is 0.345 e. The average Bonchev–Trinajstić information content (AvgIpc) is 2.64. The second kappa shape index (κ2) is 10.9. The summed E-state index contributed by atoms with van der Waals surface area (Å²) in [4.78, 5) is 2.30. The molecular formula is C14H28Cl2N2. The van der Waals surface area contributed by atoms with Crippen LogP contribution in [0.5, 0.6) is 0 Å². The first-order valence-electron chi connectivity index (χ1n) is 7.24. The van der Waals surface area contributed by atoms with Crippen LogP contribution in [0.15, 0.2) is 0 Å². The van der Waals surface area contributed by atoms with Crippen LogP contribution in [0, 0.1) is 0 Å². The van der Waals surface area contributed by atoms with Crippen LogP contribution < -0.4 is 12.4 Å². The summed E-state index contributed by atoms with van der Waals surface area (Å²) in [6, 6.07) is 0. The zero-order chi connectivity index (χ0) is 12.5. The van der Waals surface area contributed by atoms with Gasteiger partial charge in [0.1, 0.15) is 13.1 Å². The van der Waals surface area contributed by atoms with E-state index in [0.717, 1.165) is 24.9 Å². The third-order valence-electron chi connectivity index (χ3n) is 3.56. The van der Waals surface area contributed by atoms with Crippen molar-refractivity contribution >= 4 is 16.9 Å². The molecule has 0 amide bonds. The van der Waals surface area contributed by atoms with Gasteiger partial charge in [-0.1, -0.05) is 45.4 Å². The zero-order valence-corrected chi connectivity index (χ0v) is 13.4. The van der Waals surface area contributed by atoms with Gasteiger partial charge in [0, 0.05) is 11.6 Å². The van der Waals surface area contributed by atoms with Gasteiger partial charge in [0.05, 0.1) is 13.6 Å². The molecular weight excluding hydrogens is 267 g/mol. The summed E-state index contributed by atoms with van der Waals surface area (Å²) in [5.74, 6) is 0. The van der Waals surface area contributed by atoms with Gasteiger partial charge < -0.3 is 12.4 Å². The van der Waals surface area contributed by atoms with Crippen molar-refractivity contribution in [1.82, 2.24) is 4.90 Å². The highest BCUT2D eigenvalue weighted by Crippen LogP contribution is 2.10. The van der Waals surface area contributed by atoms with Gasteiger partial charge in [-0.25, -0.2) is 4.90 Å². The van der Waals surface area contributed by atoms with E-state index in [1.165, 1.54) is 51.4 Å². The number of hydrogen-bond acceptors (Lipinski definition) is 1. The van der Waals surface area contributed by atoms with Crippen LogP contribution in [0.25, 0.3) is 0 Å². The predicted molar refractivity (Wildman–Crippen MR) is 76.1 cm³/mol. The largest absolute Gasteiger partial charge is 1.00 e. The first-order valence-corrected chi connectivity index (χ1v) is 7.62. The Morgan fingerprint density at radius 3 is 2.11 bits per heavy atom. The van der Waals surface area contributed by atoms with Gasteiger partial charge in [0.2, 0.25) is 0 Å². The molecule has 0 radical (unpaired) electrons. The van der Waals surface area contributed by atoms with Gasteiger partial charge in [-0.05, 0) is 12.8 Å². The lowest BCUT2D eigenvalue weighted by Gasteiger charge is -2.08. The average molecular weight is 295 g/mol. The minimum atomic E-state index is 0. The maximum absolute atomic E-state index is 6.19. The number of nitrogens with zero attached hydrogens (tertiary/aromatic N) is 2. The van der Waals surface area contributed by atoms with Crippen LogP contribution in [0.3, 0.4) is 0 Å². The maximum atomic E-state index is 6.19. The number of hydrogen-bond donors (Lipinski definition) is 0. The quantitative estimate of drug-likeness (QED) is 0.344. The van der Waals surface area contributed by atoms with Gasteiger partial charge in [-0.15, -0.1) is 0 Å². The number of likely N-dealkylation sites (N-methyl/N-ethyl adjacent to an activating group) is 1. The Morgan fingerprint density at radius 2 is 1.61 bits per heavy atom. The lowest BCUT2D eigenvalue weighted by molar-refractivity contribution is -0.484. The highest BCUT2D eigenvalue weighted by atomic mass is 35.5. The molecule has 0 aromatic carbocycles. The monoisotopic (exact) mass is 294 g/mol. The summed E-state index contributed by atoms with van der Waals surface area (Å²) in [7, 11) is 2.07. The van der Waals surface area contributed by atoms with E-state index in [1.807, 2.05) is 0 Å². The first kappa shape index (κ1) is 18.0. The molecule has 0 spiro atoms. The van der Waals surface area contributed by atoms with Crippen molar-refractivity contribution in [1.29, 1.82) is 0 Å². The van der Waals surface area contributed by atoms with Crippen molar-refractivity contribution in [2.75, 3.05) is 26.7 Å². The van der Waals surface area contributed by atoms with Gasteiger partial charge in [0.25, 0.3) is 0 Å². The molecule has 0 bridgehead atoms. The van der Waals surface area contributed by atoms with Crippen molar-refractivity contribution in [3.8, 4) is 0 Å². The molecule has 0 saturated carbocycles. The SMILES string of the molecule is CCCCCCCCCCN1CC[N+](C)=C1Cl.[Cl-]. The molecule has 0 atom stereocenters. The molecule has 0 aromatic rings. The third kappa shape index (κ3) is 6.84. The Kier molecular flexibility index (Phi) is 11.0. The molecule has 0 N–H and O–H groups in total. The molecule has 0 fully saturated rings. The van der Waals surface area contributed by atoms with E-state index in [2.05, 4.69) is 23.4 Å². The van der Waals surface area contributed by atoms with Crippen LogP contribution in [-0.4, -0.2) is 41.5 Å². The number of rotatable bonds is 9. The molecule has 0 unspecified atom stereocenters. The summed E-state index contributed by atoms with van der Waals surface area (Å²) >= 11 is 6.19. The second-order valence-electron chi connectivity index (χ2n) is 5.15. The normalized spacial score (nSPS) is 15.2. The van der Waals surface area contributed by atoms with Crippen molar-refractivity contribution in [3.05, 3.63) is 0 Å². The number of unbranched alkanes of at least 4 members (excludes halogenated alkanes) is 7. The molecule has 1 aliphatic rings. The van der Waals surface area contributed by atoms with Gasteiger partial charge >= 0.3 is 5.29 Å². The second-order valence-corrected chi connectivity index (χ2v) is 5.49. The zero-order valence-electron chi connectivity index (χ0n) is 11.9. The lowest BCUT2D eigenvalue weighted by atomic mass is 10.1. The summed E-state index contributed by atoms with van der Waals surface area (Å²) < 4.78 is 2.13. The Balaban J connectivity index is 0.00000289. The van der Waals surface area contributed by atoms with E-state index in [9.17, 15) is 0 Å². The van der Waals surface area contributed by atoms with Crippen molar-refractivity contribution < 1.29 is 17.0 Å². The fraction of sp³-hybridized carbons (Fsp3) is 0.929. The van der Waals surface area contributed by atoms with Crippen molar-refractivity contribution in [3.63, 3.8) is 0 Å². The Hall–Kier alpha value is 0.0500. The fourth-order valence-corrected chi connectivity index (χ4v) is 2.59. The highest BCUT2D eigenvalue weighted by Gasteiger charge is 2.25. The molecule has 0 saturated heterocycles. The van der Waals surface area contributed by atoms with E-state index >= 15 is 0 Å². The standard InChI is InChI=1S/C14H28ClN2.ClH/c1-3-4-5-6-7-8-9-10-11-17-13-12-16(2)14(17)15;/h3-13H2,1-2H3;1H/q+1;/p-1. The lowest BCUT2D eigenvalue weighted by Crippen LogP contribution is -3.00. The van der Waals surface area contributed by atoms with Gasteiger partial charge in [0.15, 0.2) is 0 Å². The number of halogens is 2. The predicted octanol–water partition coefficient (Wildman–Crippen LogP) is 0.684. The van der Waals surface area contributed by atoms with Crippen molar-refractivity contribution in [2.45, 2.75) is 58.3 Å². The molecule has 0 aliphatic carbocycles. The van der Waals surface area contributed by atoms with Gasteiger partial charge in [-0.2, -0.15) is 0 Å². The summed E-state index contributed by atoms with van der Waals surface area (Å²) in [6.45, 7) is 5.59. The maximum Gasteiger partial charge on any atom is 0.345 e. The molecule has 1 heterocycles. The summed E-state index contributed by atoms with van der Waals surface area (Å²) in [5.41, 5.74) is 0. The van der Waals surface area contributed by atoms with Crippen molar-refractivity contribution in [2.24, 2.45) is 0 Å². The Bertz CT molecular complexity index is 242. The highest BCUT2D eigenvalue weighted by molar-refractivity contribution is 6.63. The molecule has 18 heavy (non-hydrogen) atoms. The fourth-order valence-electron chi connectivity index (χ4n) is 2.34. The van der Waals surface area contributed by atoms with Crippen LogP contribution in [0.2, 0.25) is 0 Å². The minimum Gasteiger partial charge on any atom is -1.00 e. The van der Waals surface area contributed by atoms with E-state index in [0.29, 0.717) is 0 Å². The molecule has 2 nitrogen and oxygen atoms in total. The van der Waals surface area contributed by atoms with Crippen LogP contribution >= 0.6 is 11.6 Å². The molecule has 1 rings (SSSR count). The Morgan fingerprint density at radius 1 is 1.06 bits per heavy atom. The summed E-state index contributed by atoms with van der Waals surface area (Å²) in [5, 5.41) is 0.938. The van der Waals surface area contributed by atoms with E-state index in [4.69, 9.17) is 11.6 Å². The third-order valence-corrected chi connectivity index (χ3v) is 4.09. The first-order chi connectivity index (χ1) is 8.25. The summed E-state index contributed by atoms with van der Waals surface area (Å²) in [6.07, 6.45) is 11.1. The van der Waals surface area contributed by atoms with E-state index in [-0.39, 0.29) is 12.4 Å².